The zero-order valence-corrected chi connectivity index (χ0v) is 27.7. The summed E-state index contributed by atoms with van der Waals surface area (Å²) in [6, 6.07) is 26.2. The molecule has 1 aliphatic rings. The number of hydrogen-bond acceptors (Lipinski definition) is 10. The molecule has 246 valence electrons. The van der Waals surface area contributed by atoms with Crippen LogP contribution < -0.4 is 38.6 Å². The molecule has 0 saturated carbocycles. The molecule has 0 spiro atoms. The third kappa shape index (κ3) is 6.44. The number of rotatable bonds is 12. The highest BCUT2D eigenvalue weighted by molar-refractivity contribution is 5.93. The van der Waals surface area contributed by atoms with Crippen LogP contribution in [0.4, 0.5) is 11.4 Å². The molecule has 47 heavy (non-hydrogen) atoms. The Morgan fingerprint density at radius 1 is 0.638 bits per heavy atom. The fourth-order valence-corrected chi connectivity index (χ4v) is 6.13. The van der Waals surface area contributed by atoms with Crippen LogP contribution in [0.25, 0.3) is 0 Å². The van der Waals surface area contributed by atoms with Gasteiger partial charge in [0.1, 0.15) is 0 Å². The van der Waals surface area contributed by atoms with Gasteiger partial charge < -0.3 is 43.4 Å². The standard InChI is InChI=1S/C37H40N2O8/c1-41-29-18-23(19-30(42-2)35(29)45-5)28-22-27(38-25-14-10-8-11-15-25)33(37(40)47-7)34(39(28)26-16-12-9-13-17-26)24-20-31(43-3)36(46-6)32(21-24)44-4/h8-21,28,34,38H,22H2,1-7H3. The van der Waals surface area contributed by atoms with Gasteiger partial charge in [0.25, 0.3) is 0 Å². The molecule has 0 amide bonds. The fourth-order valence-electron chi connectivity index (χ4n) is 6.13. The van der Waals surface area contributed by atoms with Gasteiger partial charge in [-0.15, -0.1) is 0 Å². The Hall–Kier alpha value is -5.51. The van der Waals surface area contributed by atoms with Crippen LogP contribution in [0.2, 0.25) is 0 Å². The van der Waals surface area contributed by atoms with Crippen LogP contribution in [0.3, 0.4) is 0 Å². The topological polar surface area (TPSA) is 97.0 Å². The lowest BCUT2D eigenvalue weighted by Gasteiger charge is -2.46. The van der Waals surface area contributed by atoms with Crippen molar-refractivity contribution in [2.75, 3.05) is 60.0 Å². The summed E-state index contributed by atoms with van der Waals surface area (Å²) in [7, 11) is 10.8. The van der Waals surface area contributed by atoms with Crippen LogP contribution in [0.15, 0.2) is 96.2 Å². The lowest BCUT2D eigenvalue weighted by atomic mass is 9.83. The van der Waals surface area contributed by atoms with Crippen molar-refractivity contribution >= 4 is 17.3 Å². The molecule has 4 aromatic carbocycles. The zero-order chi connectivity index (χ0) is 33.5. The van der Waals surface area contributed by atoms with Gasteiger partial charge in [0.2, 0.25) is 11.5 Å². The number of nitrogens with one attached hydrogen (secondary N) is 1. The van der Waals surface area contributed by atoms with Crippen molar-refractivity contribution in [2.24, 2.45) is 0 Å². The molecule has 4 aromatic rings. The maximum atomic E-state index is 14.0. The fraction of sp³-hybridized carbons (Fsp3) is 0.270. The predicted octanol–water partition coefficient (Wildman–Crippen LogP) is 6.97. The third-order valence-corrected chi connectivity index (χ3v) is 8.21. The number of nitrogens with zero attached hydrogens (tertiary/aromatic N) is 1. The first-order valence-corrected chi connectivity index (χ1v) is 15.0. The summed E-state index contributed by atoms with van der Waals surface area (Å²) >= 11 is 0. The molecule has 0 aliphatic carbocycles. The third-order valence-electron chi connectivity index (χ3n) is 8.21. The molecule has 0 fully saturated rings. The van der Waals surface area contributed by atoms with Crippen molar-refractivity contribution < 1.29 is 38.0 Å². The highest BCUT2D eigenvalue weighted by atomic mass is 16.5. The largest absolute Gasteiger partial charge is 0.493 e. The lowest BCUT2D eigenvalue weighted by molar-refractivity contribution is -0.136. The lowest BCUT2D eigenvalue weighted by Crippen LogP contribution is -2.41. The number of carbonyl (C=O) groups is 1. The van der Waals surface area contributed by atoms with Gasteiger partial charge in [-0.05, 0) is 59.7 Å². The Balaban J connectivity index is 1.87. The van der Waals surface area contributed by atoms with E-state index in [1.165, 1.54) is 7.11 Å². The molecule has 0 bridgehead atoms. The number of anilines is 2. The van der Waals surface area contributed by atoms with E-state index in [4.69, 9.17) is 33.2 Å². The summed E-state index contributed by atoms with van der Waals surface area (Å²) < 4.78 is 39.9. The maximum Gasteiger partial charge on any atom is 0.337 e. The molecule has 2 atom stereocenters. The van der Waals surface area contributed by atoms with Gasteiger partial charge in [-0.25, -0.2) is 4.79 Å². The molecule has 5 rings (SSSR count). The van der Waals surface area contributed by atoms with Gasteiger partial charge in [-0.1, -0.05) is 36.4 Å². The van der Waals surface area contributed by atoms with E-state index in [-0.39, 0.29) is 6.04 Å². The van der Waals surface area contributed by atoms with E-state index >= 15 is 0 Å². The molecule has 2 unspecified atom stereocenters. The molecule has 0 radical (unpaired) electrons. The molecule has 1 heterocycles. The Labute approximate surface area is 275 Å². The van der Waals surface area contributed by atoms with Crippen LogP contribution in [-0.4, -0.2) is 55.7 Å². The number of hydrogen-bond donors (Lipinski definition) is 1. The molecule has 1 N–H and O–H groups in total. The smallest absolute Gasteiger partial charge is 0.337 e. The van der Waals surface area contributed by atoms with E-state index in [0.29, 0.717) is 57.8 Å². The maximum absolute atomic E-state index is 14.0. The van der Waals surface area contributed by atoms with Crippen molar-refractivity contribution in [3.8, 4) is 34.5 Å². The van der Waals surface area contributed by atoms with Gasteiger partial charge in [-0.2, -0.15) is 0 Å². The van der Waals surface area contributed by atoms with Gasteiger partial charge >= 0.3 is 5.97 Å². The molecule has 1 aliphatic heterocycles. The van der Waals surface area contributed by atoms with Crippen molar-refractivity contribution in [3.05, 3.63) is 107 Å². The first kappa shape index (κ1) is 32.9. The van der Waals surface area contributed by atoms with E-state index in [9.17, 15) is 4.79 Å². The van der Waals surface area contributed by atoms with E-state index in [1.807, 2.05) is 84.9 Å². The van der Waals surface area contributed by atoms with Crippen molar-refractivity contribution in [3.63, 3.8) is 0 Å². The summed E-state index contributed by atoms with van der Waals surface area (Å²) in [5.74, 6) is 2.37. The Bertz CT molecular complexity index is 1680. The monoisotopic (exact) mass is 640 g/mol. The quantitative estimate of drug-likeness (QED) is 0.164. The van der Waals surface area contributed by atoms with Crippen LogP contribution in [-0.2, 0) is 9.53 Å². The second-order valence-electron chi connectivity index (χ2n) is 10.7. The van der Waals surface area contributed by atoms with Gasteiger partial charge in [0.15, 0.2) is 23.0 Å². The first-order valence-electron chi connectivity index (χ1n) is 15.0. The first-order chi connectivity index (χ1) is 22.9. The summed E-state index contributed by atoms with van der Waals surface area (Å²) in [6.07, 6.45) is 0.397. The van der Waals surface area contributed by atoms with E-state index in [2.05, 4.69) is 10.2 Å². The molecule has 0 aromatic heterocycles. The summed E-state index contributed by atoms with van der Waals surface area (Å²) in [4.78, 5) is 16.2. The van der Waals surface area contributed by atoms with E-state index in [1.54, 1.807) is 42.7 Å². The predicted molar refractivity (Wildman–Crippen MR) is 180 cm³/mol. The summed E-state index contributed by atoms with van der Waals surface area (Å²) in [5.41, 5.74) is 4.39. The average Bonchev–Trinajstić information content (AvgIpc) is 3.13. The normalized spacial score (nSPS) is 15.9. The molecular formula is C37H40N2O8. The number of para-hydroxylation sites is 2. The molecule has 0 saturated heterocycles. The minimum absolute atomic E-state index is 0.352. The van der Waals surface area contributed by atoms with Gasteiger partial charge in [-0.3, -0.25) is 0 Å². The van der Waals surface area contributed by atoms with Crippen LogP contribution in [0, 0.1) is 0 Å². The summed E-state index contributed by atoms with van der Waals surface area (Å²) in [6.45, 7) is 0. The minimum atomic E-state index is -0.692. The van der Waals surface area contributed by atoms with E-state index in [0.717, 1.165) is 16.9 Å². The number of benzene rings is 4. The molecule has 10 nitrogen and oxygen atoms in total. The Kier molecular flexibility index (Phi) is 10.3. The summed E-state index contributed by atoms with van der Waals surface area (Å²) in [5, 5.41) is 3.55. The number of esters is 1. The van der Waals surface area contributed by atoms with Gasteiger partial charge in [0.05, 0.1) is 67.4 Å². The Morgan fingerprint density at radius 2 is 1.11 bits per heavy atom. The van der Waals surface area contributed by atoms with Gasteiger partial charge in [0, 0.05) is 23.5 Å². The van der Waals surface area contributed by atoms with Crippen molar-refractivity contribution in [1.82, 2.24) is 0 Å². The zero-order valence-electron chi connectivity index (χ0n) is 27.7. The minimum Gasteiger partial charge on any atom is -0.493 e. The second-order valence-corrected chi connectivity index (χ2v) is 10.7. The van der Waals surface area contributed by atoms with E-state index < -0.39 is 12.0 Å². The number of carbonyl (C=O) groups excluding carboxylic acids is 1. The highest BCUT2D eigenvalue weighted by Gasteiger charge is 2.43. The number of ether oxygens (including phenoxy) is 7. The highest BCUT2D eigenvalue weighted by Crippen LogP contribution is 2.52. The van der Waals surface area contributed by atoms with Crippen LogP contribution >= 0.6 is 0 Å². The van der Waals surface area contributed by atoms with Crippen molar-refractivity contribution in [1.29, 1.82) is 0 Å². The molecule has 10 heteroatoms. The molecular weight excluding hydrogens is 600 g/mol. The van der Waals surface area contributed by atoms with Crippen molar-refractivity contribution in [2.45, 2.75) is 18.5 Å². The SMILES string of the molecule is COC(=O)C1=C(Nc2ccccc2)CC(c2cc(OC)c(OC)c(OC)c2)N(c2ccccc2)C1c1cc(OC)c(OC)c(OC)c1. The number of methoxy groups -OCH3 is 7. The Morgan fingerprint density at radius 3 is 1.55 bits per heavy atom. The second kappa shape index (κ2) is 14.7. The van der Waals surface area contributed by atoms with Crippen LogP contribution in [0.5, 0.6) is 34.5 Å². The average molecular weight is 641 g/mol. The van der Waals surface area contributed by atoms with Crippen LogP contribution in [0.1, 0.15) is 29.6 Å².